The summed E-state index contributed by atoms with van der Waals surface area (Å²) in [5.41, 5.74) is 7.31. The second-order valence-corrected chi connectivity index (χ2v) is 5.90. The number of nitrogens with zero attached hydrogens (tertiary/aromatic N) is 1. The Hall–Kier alpha value is -1.33. The van der Waals surface area contributed by atoms with E-state index >= 15 is 0 Å². The number of anilines is 1. The number of amidine groups is 1. The molecule has 1 aromatic carbocycles. The molecular weight excluding hydrogens is 310 g/mol. The normalized spacial score (nSPS) is 10.3. The number of hydrogen-bond acceptors (Lipinski definition) is 3. The highest BCUT2D eigenvalue weighted by Crippen LogP contribution is 2.25. The van der Waals surface area contributed by atoms with Crippen LogP contribution in [0.15, 0.2) is 40.2 Å². The summed E-state index contributed by atoms with van der Waals surface area (Å²) >= 11 is 5.20. The number of rotatable bonds is 4. The van der Waals surface area contributed by atoms with Crippen LogP contribution >= 0.6 is 27.3 Å². The molecule has 18 heavy (non-hydrogen) atoms. The molecule has 0 amide bonds. The predicted molar refractivity (Wildman–Crippen MR) is 81.6 cm³/mol. The van der Waals surface area contributed by atoms with Crippen LogP contribution in [0.2, 0.25) is 0 Å². The monoisotopic (exact) mass is 323 g/mol. The Morgan fingerprint density at radius 3 is 2.78 bits per heavy atom. The number of benzene rings is 1. The molecule has 0 saturated heterocycles. The van der Waals surface area contributed by atoms with Gasteiger partial charge in [-0.1, -0.05) is 6.07 Å². The molecule has 0 saturated carbocycles. The lowest BCUT2D eigenvalue weighted by atomic mass is 10.2. The minimum Gasteiger partial charge on any atom is -0.384 e. The van der Waals surface area contributed by atoms with Gasteiger partial charge < -0.3 is 10.6 Å². The fraction of sp³-hybridized carbons (Fsp3) is 0.154. The van der Waals surface area contributed by atoms with Crippen LogP contribution in [0.3, 0.4) is 0 Å². The van der Waals surface area contributed by atoms with Crippen molar-refractivity contribution in [2.75, 3.05) is 11.9 Å². The first-order valence-electron chi connectivity index (χ1n) is 5.45. The summed E-state index contributed by atoms with van der Waals surface area (Å²) in [7, 11) is 2.05. The van der Waals surface area contributed by atoms with Gasteiger partial charge in [-0.3, -0.25) is 5.41 Å². The fourth-order valence-electron chi connectivity index (χ4n) is 1.69. The van der Waals surface area contributed by atoms with E-state index in [1.807, 2.05) is 18.2 Å². The maximum Gasteiger partial charge on any atom is 0.123 e. The van der Waals surface area contributed by atoms with Gasteiger partial charge in [0.15, 0.2) is 0 Å². The third-order valence-corrected chi connectivity index (χ3v) is 4.17. The molecule has 1 heterocycles. The average molecular weight is 324 g/mol. The van der Waals surface area contributed by atoms with E-state index < -0.39 is 0 Å². The Balaban J connectivity index is 2.18. The topological polar surface area (TPSA) is 53.1 Å². The molecule has 0 bridgehead atoms. The van der Waals surface area contributed by atoms with E-state index in [0.717, 1.165) is 22.3 Å². The Morgan fingerprint density at radius 2 is 2.22 bits per heavy atom. The average Bonchev–Trinajstić information content (AvgIpc) is 2.81. The number of hydrogen-bond donors (Lipinski definition) is 2. The minimum atomic E-state index is 0.0781. The van der Waals surface area contributed by atoms with Gasteiger partial charge in [0, 0.05) is 27.6 Å². The fourth-order valence-corrected chi connectivity index (χ4v) is 3.03. The summed E-state index contributed by atoms with van der Waals surface area (Å²) in [4.78, 5) is 3.49. The van der Waals surface area contributed by atoms with Gasteiger partial charge in [0.1, 0.15) is 5.84 Å². The summed E-state index contributed by atoms with van der Waals surface area (Å²) in [6.45, 7) is 0.878. The van der Waals surface area contributed by atoms with Crippen LogP contribution in [-0.4, -0.2) is 12.9 Å². The van der Waals surface area contributed by atoms with Crippen LogP contribution in [0.25, 0.3) is 0 Å². The zero-order valence-electron chi connectivity index (χ0n) is 9.98. The zero-order chi connectivity index (χ0) is 13.1. The van der Waals surface area contributed by atoms with Crippen molar-refractivity contribution in [2.45, 2.75) is 6.54 Å². The van der Waals surface area contributed by atoms with Crippen molar-refractivity contribution in [2.24, 2.45) is 5.73 Å². The first kappa shape index (κ1) is 13.1. The van der Waals surface area contributed by atoms with Crippen molar-refractivity contribution >= 4 is 38.8 Å². The Labute approximate surface area is 119 Å². The first-order chi connectivity index (χ1) is 8.58. The van der Waals surface area contributed by atoms with Gasteiger partial charge in [-0.25, -0.2) is 0 Å². The summed E-state index contributed by atoms with van der Waals surface area (Å²) in [5, 5.41) is 9.53. The molecule has 0 radical (unpaired) electrons. The van der Waals surface area contributed by atoms with Crippen molar-refractivity contribution in [1.82, 2.24) is 0 Å². The Bertz CT molecular complexity index is 551. The van der Waals surface area contributed by atoms with Crippen LogP contribution in [0.5, 0.6) is 0 Å². The lowest BCUT2D eigenvalue weighted by Gasteiger charge is -2.19. The summed E-state index contributed by atoms with van der Waals surface area (Å²) in [5.74, 6) is 0.0781. The van der Waals surface area contributed by atoms with Gasteiger partial charge >= 0.3 is 0 Å². The second-order valence-electron chi connectivity index (χ2n) is 4.01. The van der Waals surface area contributed by atoms with Crippen LogP contribution in [0.4, 0.5) is 5.69 Å². The number of thiophene rings is 1. The molecule has 0 aliphatic heterocycles. The summed E-state index contributed by atoms with van der Waals surface area (Å²) in [6, 6.07) is 10.0. The van der Waals surface area contributed by atoms with Gasteiger partial charge in [0.25, 0.3) is 0 Å². The van der Waals surface area contributed by atoms with E-state index in [-0.39, 0.29) is 5.84 Å². The highest BCUT2D eigenvalue weighted by molar-refractivity contribution is 9.10. The van der Waals surface area contributed by atoms with Crippen molar-refractivity contribution in [3.05, 3.63) is 50.6 Å². The highest BCUT2D eigenvalue weighted by Gasteiger charge is 2.07. The molecule has 2 rings (SSSR count). The summed E-state index contributed by atoms with van der Waals surface area (Å²) < 4.78 is 0.852. The molecule has 0 unspecified atom stereocenters. The smallest absolute Gasteiger partial charge is 0.123 e. The molecule has 5 heteroatoms. The molecule has 3 N–H and O–H groups in total. The molecule has 94 valence electrons. The van der Waals surface area contributed by atoms with Crippen LogP contribution in [0, 0.1) is 5.41 Å². The van der Waals surface area contributed by atoms with Gasteiger partial charge in [-0.2, -0.15) is 0 Å². The molecule has 0 atom stereocenters. The SMILES string of the molecule is CN(Cc1cccs1)c1ccc(C(=N)N)c(Br)c1. The molecule has 2 aromatic rings. The van der Waals surface area contributed by atoms with E-state index in [9.17, 15) is 0 Å². The van der Waals surface area contributed by atoms with E-state index in [4.69, 9.17) is 11.1 Å². The number of nitrogen functional groups attached to an aromatic ring is 1. The molecule has 0 spiro atoms. The van der Waals surface area contributed by atoms with Gasteiger partial charge in [0.05, 0.1) is 6.54 Å². The molecule has 0 aliphatic carbocycles. The molecule has 3 nitrogen and oxygen atoms in total. The third kappa shape index (κ3) is 2.91. The number of nitrogens with two attached hydrogens (primary N) is 1. The van der Waals surface area contributed by atoms with Crippen LogP contribution < -0.4 is 10.6 Å². The van der Waals surface area contributed by atoms with Crippen molar-refractivity contribution < 1.29 is 0 Å². The maximum atomic E-state index is 7.45. The summed E-state index contributed by atoms with van der Waals surface area (Å²) in [6.07, 6.45) is 0. The Kier molecular flexibility index (Phi) is 4.04. The zero-order valence-corrected chi connectivity index (χ0v) is 12.4. The predicted octanol–water partition coefficient (Wildman–Crippen LogP) is 3.43. The van der Waals surface area contributed by atoms with E-state index in [1.54, 1.807) is 11.3 Å². The minimum absolute atomic E-state index is 0.0781. The highest BCUT2D eigenvalue weighted by atomic mass is 79.9. The molecular formula is C13H14BrN3S. The number of halogens is 1. The van der Waals surface area contributed by atoms with Crippen LogP contribution in [-0.2, 0) is 6.54 Å². The lowest BCUT2D eigenvalue weighted by Crippen LogP contribution is -2.17. The lowest BCUT2D eigenvalue weighted by molar-refractivity contribution is 0.939. The Morgan fingerprint density at radius 1 is 1.44 bits per heavy atom. The van der Waals surface area contributed by atoms with Crippen molar-refractivity contribution in [3.63, 3.8) is 0 Å². The maximum absolute atomic E-state index is 7.45. The first-order valence-corrected chi connectivity index (χ1v) is 7.12. The van der Waals surface area contributed by atoms with Gasteiger partial charge in [-0.05, 0) is 45.6 Å². The van der Waals surface area contributed by atoms with E-state index in [1.165, 1.54) is 4.88 Å². The molecule has 0 aliphatic rings. The van der Waals surface area contributed by atoms with E-state index in [2.05, 4.69) is 45.4 Å². The molecule has 1 aromatic heterocycles. The largest absolute Gasteiger partial charge is 0.384 e. The number of nitrogens with one attached hydrogen (secondary N) is 1. The quantitative estimate of drug-likeness (QED) is 0.669. The van der Waals surface area contributed by atoms with E-state index in [0.29, 0.717) is 0 Å². The van der Waals surface area contributed by atoms with Gasteiger partial charge in [0.2, 0.25) is 0 Å². The standard InChI is InChI=1S/C13H14BrN3S/c1-17(8-10-3-2-6-18-10)9-4-5-11(13(15)16)12(14)7-9/h2-7H,8H2,1H3,(H3,15,16). The van der Waals surface area contributed by atoms with Crippen LogP contribution in [0.1, 0.15) is 10.4 Å². The third-order valence-electron chi connectivity index (χ3n) is 2.66. The van der Waals surface area contributed by atoms with Crippen molar-refractivity contribution in [1.29, 1.82) is 5.41 Å². The van der Waals surface area contributed by atoms with Gasteiger partial charge in [-0.15, -0.1) is 11.3 Å². The van der Waals surface area contributed by atoms with Crippen molar-refractivity contribution in [3.8, 4) is 0 Å². The second kappa shape index (κ2) is 5.54. The molecule has 0 fully saturated rings.